The van der Waals surface area contributed by atoms with E-state index < -0.39 is 0 Å². The zero-order chi connectivity index (χ0) is 14.5. The van der Waals surface area contributed by atoms with Gasteiger partial charge in [-0.25, -0.2) is 0 Å². The van der Waals surface area contributed by atoms with Crippen molar-refractivity contribution in [1.82, 2.24) is 4.57 Å². The van der Waals surface area contributed by atoms with Gasteiger partial charge in [0.15, 0.2) is 6.61 Å². The quantitative estimate of drug-likeness (QED) is 0.869. The predicted octanol–water partition coefficient (Wildman–Crippen LogP) is 3.09. The first kappa shape index (κ1) is 14.2. The van der Waals surface area contributed by atoms with E-state index in [0.717, 1.165) is 11.3 Å². The Kier molecular flexibility index (Phi) is 4.44. The summed E-state index contributed by atoms with van der Waals surface area (Å²) in [5.41, 5.74) is 1.50. The van der Waals surface area contributed by atoms with Crippen molar-refractivity contribution in [3.05, 3.63) is 51.8 Å². The number of hydrogen-bond acceptors (Lipinski definition) is 3. The van der Waals surface area contributed by atoms with Crippen LogP contribution in [0.2, 0.25) is 5.02 Å². The Balaban J connectivity index is 2.40. The molecule has 0 radical (unpaired) electrons. The highest BCUT2D eigenvalue weighted by Gasteiger charge is 2.08. The maximum atomic E-state index is 12.0. The van der Waals surface area contributed by atoms with E-state index in [0.29, 0.717) is 12.3 Å². The van der Waals surface area contributed by atoms with Gasteiger partial charge in [-0.15, -0.1) is 0 Å². The van der Waals surface area contributed by atoms with E-state index in [1.807, 2.05) is 31.2 Å². The van der Waals surface area contributed by atoms with Gasteiger partial charge in [0.05, 0.1) is 5.69 Å². The average Bonchev–Trinajstić information content (AvgIpc) is 2.48. The topological polar surface area (TPSA) is 55.0 Å². The van der Waals surface area contributed by atoms with Gasteiger partial charge < -0.3 is 9.30 Å². The smallest absolute Gasteiger partial charge is 0.269 e. The van der Waals surface area contributed by atoms with E-state index in [4.69, 9.17) is 21.6 Å². The van der Waals surface area contributed by atoms with Crippen molar-refractivity contribution in [3.8, 4) is 23.1 Å². The lowest BCUT2D eigenvalue weighted by Crippen LogP contribution is -2.20. The molecule has 0 aliphatic rings. The third-order valence-corrected chi connectivity index (χ3v) is 3.19. The number of pyridine rings is 1. The Labute approximate surface area is 121 Å². The van der Waals surface area contributed by atoms with Crippen LogP contribution in [-0.2, 0) is 6.54 Å². The third kappa shape index (κ3) is 2.84. The van der Waals surface area contributed by atoms with Crippen molar-refractivity contribution in [3.63, 3.8) is 0 Å². The monoisotopic (exact) mass is 288 g/mol. The number of aromatic nitrogens is 1. The van der Waals surface area contributed by atoms with Gasteiger partial charge in [-0.05, 0) is 48.9 Å². The van der Waals surface area contributed by atoms with Crippen molar-refractivity contribution >= 4 is 11.6 Å². The molecule has 0 N–H and O–H groups in total. The minimum atomic E-state index is -0.198. The molecule has 0 saturated heterocycles. The molecule has 0 aliphatic carbocycles. The van der Waals surface area contributed by atoms with E-state index >= 15 is 0 Å². The van der Waals surface area contributed by atoms with Gasteiger partial charge in [0.25, 0.3) is 5.56 Å². The van der Waals surface area contributed by atoms with E-state index in [1.165, 1.54) is 0 Å². The Morgan fingerprint density at radius 2 is 1.95 bits per heavy atom. The molecule has 1 heterocycles. The molecule has 0 atom stereocenters. The van der Waals surface area contributed by atoms with E-state index in [2.05, 4.69) is 0 Å². The van der Waals surface area contributed by atoms with Gasteiger partial charge in [-0.3, -0.25) is 4.79 Å². The van der Waals surface area contributed by atoms with E-state index in [9.17, 15) is 4.79 Å². The minimum Gasteiger partial charge on any atom is -0.479 e. The second kappa shape index (κ2) is 6.27. The van der Waals surface area contributed by atoms with Gasteiger partial charge in [0.2, 0.25) is 0 Å². The van der Waals surface area contributed by atoms with E-state index in [-0.39, 0.29) is 17.2 Å². The lowest BCUT2D eigenvalue weighted by molar-refractivity contribution is 0.368. The second-order valence-electron chi connectivity index (χ2n) is 4.09. The van der Waals surface area contributed by atoms with Crippen LogP contribution in [0.25, 0.3) is 11.3 Å². The average molecular weight is 289 g/mol. The Morgan fingerprint density at radius 3 is 2.55 bits per heavy atom. The van der Waals surface area contributed by atoms with Crippen LogP contribution in [0.15, 0.2) is 41.2 Å². The van der Waals surface area contributed by atoms with Crippen LogP contribution in [0.4, 0.5) is 0 Å². The summed E-state index contributed by atoms with van der Waals surface area (Å²) in [6.07, 6.45) is 0. The van der Waals surface area contributed by atoms with E-state index in [1.54, 1.807) is 22.8 Å². The predicted molar refractivity (Wildman–Crippen MR) is 77.9 cm³/mol. The van der Waals surface area contributed by atoms with Crippen LogP contribution in [0.3, 0.4) is 0 Å². The summed E-state index contributed by atoms with van der Waals surface area (Å²) >= 11 is 5.85. The Hall–Kier alpha value is -2.25. The van der Waals surface area contributed by atoms with Crippen molar-refractivity contribution in [2.75, 3.05) is 6.61 Å². The SMILES string of the molecule is CCn1c(-c2ccc(OCC#N)cc2)ccc(Cl)c1=O. The molecule has 0 amide bonds. The molecule has 2 rings (SSSR count). The van der Waals surface area contributed by atoms with Crippen molar-refractivity contribution in [2.45, 2.75) is 13.5 Å². The fourth-order valence-corrected chi connectivity index (χ4v) is 2.12. The molecule has 0 fully saturated rings. The van der Waals surface area contributed by atoms with Crippen LogP contribution in [0.5, 0.6) is 5.75 Å². The van der Waals surface area contributed by atoms with Crippen LogP contribution < -0.4 is 10.3 Å². The molecule has 0 spiro atoms. The summed E-state index contributed by atoms with van der Waals surface area (Å²) in [4.78, 5) is 12.0. The molecule has 1 aromatic carbocycles. The molecular formula is C15H13ClN2O2. The molecule has 4 nitrogen and oxygen atoms in total. The summed E-state index contributed by atoms with van der Waals surface area (Å²) in [5, 5.41) is 8.67. The van der Waals surface area contributed by atoms with Crippen LogP contribution in [0.1, 0.15) is 6.92 Å². The molecule has 0 aliphatic heterocycles. The summed E-state index contributed by atoms with van der Waals surface area (Å²) in [6, 6.07) is 12.6. The van der Waals surface area contributed by atoms with Crippen molar-refractivity contribution in [2.24, 2.45) is 0 Å². The first-order valence-electron chi connectivity index (χ1n) is 6.17. The number of halogens is 1. The third-order valence-electron chi connectivity index (χ3n) is 2.90. The molecule has 1 aromatic heterocycles. The summed E-state index contributed by atoms with van der Waals surface area (Å²) in [6.45, 7) is 2.45. The maximum absolute atomic E-state index is 12.0. The number of hydrogen-bond donors (Lipinski definition) is 0. The fourth-order valence-electron chi connectivity index (χ4n) is 1.96. The normalized spacial score (nSPS) is 10.1. The number of benzene rings is 1. The van der Waals surface area contributed by atoms with Gasteiger partial charge >= 0.3 is 0 Å². The molecule has 20 heavy (non-hydrogen) atoms. The van der Waals surface area contributed by atoms with Crippen LogP contribution in [-0.4, -0.2) is 11.2 Å². The van der Waals surface area contributed by atoms with Crippen molar-refractivity contribution in [1.29, 1.82) is 5.26 Å². The highest BCUT2D eigenvalue weighted by Crippen LogP contribution is 2.22. The second-order valence-corrected chi connectivity index (χ2v) is 4.49. The van der Waals surface area contributed by atoms with Gasteiger partial charge in [-0.1, -0.05) is 11.6 Å². The Bertz CT molecular complexity index is 699. The Morgan fingerprint density at radius 1 is 1.25 bits per heavy atom. The molecule has 0 bridgehead atoms. The molecule has 5 heteroatoms. The first-order chi connectivity index (χ1) is 9.67. The first-order valence-corrected chi connectivity index (χ1v) is 6.54. The van der Waals surface area contributed by atoms with Crippen molar-refractivity contribution < 1.29 is 4.74 Å². The van der Waals surface area contributed by atoms with Crippen LogP contribution in [0, 0.1) is 11.3 Å². The molecular weight excluding hydrogens is 276 g/mol. The minimum absolute atomic E-state index is 0.0138. The molecule has 102 valence electrons. The van der Waals surface area contributed by atoms with Crippen LogP contribution >= 0.6 is 11.6 Å². The van der Waals surface area contributed by atoms with Gasteiger partial charge in [0.1, 0.15) is 16.8 Å². The highest BCUT2D eigenvalue weighted by molar-refractivity contribution is 6.30. The molecule has 0 unspecified atom stereocenters. The fraction of sp³-hybridized carbons (Fsp3) is 0.200. The number of nitriles is 1. The maximum Gasteiger partial charge on any atom is 0.269 e. The van der Waals surface area contributed by atoms with Gasteiger partial charge in [-0.2, -0.15) is 5.26 Å². The van der Waals surface area contributed by atoms with Gasteiger partial charge in [0, 0.05) is 6.54 Å². The lowest BCUT2D eigenvalue weighted by Gasteiger charge is -2.12. The number of nitrogens with zero attached hydrogens (tertiary/aromatic N) is 2. The zero-order valence-corrected chi connectivity index (χ0v) is 11.7. The zero-order valence-electron chi connectivity index (χ0n) is 11.0. The summed E-state index contributed by atoms with van der Waals surface area (Å²) in [5.74, 6) is 0.620. The highest BCUT2D eigenvalue weighted by atomic mass is 35.5. The molecule has 0 saturated carbocycles. The summed E-state index contributed by atoms with van der Waals surface area (Å²) in [7, 11) is 0. The largest absolute Gasteiger partial charge is 0.479 e. The standard InChI is InChI=1S/C15H13ClN2O2/c1-2-18-14(8-7-13(16)15(18)19)11-3-5-12(6-4-11)20-10-9-17/h3-8H,2,10H2,1H3. The molecule has 2 aromatic rings. The number of ether oxygens (including phenoxy) is 1. The lowest BCUT2D eigenvalue weighted by atomic mass is 10.1. The summed E-state index contributed by atoms with van der Waals surface area (Å²) < 4.78 is 6.81. The number of rotatable bonds is 4.